The third kappa shape index (κ3) is 4.22. The predicted octanol–water partition coefficient (Wildman–Crippen LogP) is 3.43. The molecule has 0 amide bonds. The molecule has 0 heterocycles. The molecule has 1 aliphatic rings. The Morgan fingerprint density at radius 2 is 1.84 bits per heavy atom. The molecule has 2 rings (SSSR count). The summed E-state index contributed by atoms with van der Waals surface area (Å²) in [6.07, 6.45) is 8.01. The summed E-state index contributed by atoms with van der Waals surface area (Å²) in [6.45, 7) is 0.574. The fraction of sp³-hybridized carbons (Fsp3) is 0.625. The van der Waals surface area contributed by atoms with Gasteiger partial charge in [-0.25, -0.2) is 0 Å². The van der Waals surface area contributed by atoms with Crippen molar-refractivity contribution in [3.63, 3.8) is 0 Å². The smallest absolute Gasteiger partial charge is 0.123 e. The summed E-state index contributed by atoms with van der Waals surface area (Å²) in [7, 11) is 1.68. The lowest BCUT2D eigenvalue weighted by molar-refractivity contribution is 0.0342. The second-order valence-electron chi connectivity index (χ2n) is 5.30. The first-order valence-electron chi connectivity index (χ1n) is 7.31. The molecule has 1 saturated carbocycles. The SMILES string of the molecule is COc1ccccc1C(N)COC1CCCCCC1. The minimum absolute atomic E-state index is 0.112. The van der Waals surface area contributed by atoms with Crippen molar-refractivity contribution < 1.29 is 9.47 Å². The number of nitrogens with two attached hydrogens (primary N) is 1. The zero-order valence-electron chi connectivity index (χ0n) is 11.8. The van der Waals surface area contributed by atoms with Crippen LogP contribution < -0.4 is 10.5 Å². The maximum Gasteiger partial charge on any atom is 0.123 e. The van der Waals surface area contributed by atoms with Gasteiger partial charge in [0.05, 0.1) is 25.9 Å². The van der Waals surface area contributed by atoms with Crippen LogP contribution in [0, 0.1) is 0 Å². The summed E-state index contributed by atoms with van der Waals surface area (Å²) in [4.78, 5) is 0. The van der Waals surface area contributed by atoms with Gasteiger partial charge in [-0.3, -0.25) is 0 Å². The number of hydrogen-bond acceptors (Lipinski definition) is 3. The van der Waals surface area contributed by atoms with Crippen molar-refractivity contribution in [1.82, 2.24) is 0 Å². The molecule has 1 atom stereocenters. The standard InChI is InChI=1S/C16H25NO2/c1-18-16-11-7-6-10-14(16)15(17)12-19-13-8-4-2-3-5-9-13/h6-7,10-11,13,15H,2-5,8-9,12,17H2,1H3. The van der Waals surface area contributed by atoms with Crippen LogP contribution in [-0.2, 0) is 4.74 Å². The Balaban J connectivity index is 1.87. The van der Waals surface area contributed by atoms with Gasteiger partial charge in [0.2, 0.25) is 0 Å². The first-order chi connectivity index (χ1) is 9.31. The molecule has 1 aliphatic carbocycles. The summed E-state index contributed by atoms with van der Waals surface area (Å²) in [5.74, 6) is 0.847. The summed E-state index contributed by atoms with van der Waals surface area (Å²) in [5.41, 5.74) is 7.25. The van der Waals surface area contributed by atoms with Crippen LogP contribution in [0.1, 0.15) is 50.1 Å². The van der Waals surface area contributed by atoms with E-state index in [0.29, 0.717) is 12.7 Å². The summed E-state index contributed by atoms with van der Waals surface area (Å²) < 4.78 is 11.3. The fourth-order valence-corrected chi connectivity index (χ4v) is 2.71. The van der Waals surface area contributed by atoms with Gasteiger partial charge in [0.15, 0.2) is 0 Å². The number of hydrogen-bond donors (Lipinski definition) is 1. The van der Waals surface area contributed by atoms with Crippen LogP contribution in [0.3, 0.4) is 0 Å². The largest absolute Gasteiger partial charge is 0.496 e. The van der Waals surface area contributed by atoms with Gasteiger partial charge in [-0.2, -0.15) is 0 Å². The van der Waals surface area contributed by atoms with E-state index in [-0.39, 0.29) is 6.04 Å². The van der Waals surface area contributed by atoms with Crippen LogP contribution >= 0.6 is 0 Å². The van der Waals surface area contributed by atoms with Crippen molar-refractivity contribution >= 4 is 0 Å². The monoisotopic (exact) mass is 263 g/mol. The average molecular weight is 263 g/mol. The lowest BCUT2D eigenvalue weighted by atomic mass is 10.1. The molecule has 106 valence electrons. The van der Waals surface area contributed by atoms with E-state index in [0.717, 1.165) is 11.3 Å². The Kier molecular flexibility index (Phi) is 5.67. The molecule has 3 heteroatoms. The topological polar surface area (TPSA) is 44.5 Å². The van der Waals surface area contributed by atoms with E-state index < -0.39 is 0 Å². The molecular formula is C16H25NO2. The maximum atomic E-state index is 6.22. The molecule has 19 heavy (non-hydrogen) atoms. The number of benzene rings is 1. The van der Waals surface area contributed by atoms with Crippen molar-refractivity contribution in [2.24, 2.45) is 5.73 Å². The first-order valence-corrected chi connectivity index (χ1v) is 7.31. The van der Waals surface area contributed by atoms with Gasteiger partial charge in [-0.1, -0.05) is 43.9 Å². The van der Waals surface area contributed by atoms with E-state index in [1.54, 1.807) is 7.11 Å². The Labute approximate surface area is 116 Å². The molecule has 0 aromatic heterocycles. The molecule has 1 aromatic carbocycles. The highest BCUT2D eigenvalue weighted by Crippen LogP contribution is 2.25. The summed E-state index contributed by atoms with van der Waals surface area (Å²) >= 11 is 0. The van der Waals surface area contributed by atoms with Gasteiger partial charge in [0.25, 0.3) is 0 Å². The molecule has 0 radical (unpaired) electrons. The average Bonchev–Trinajstić information content (AvgIpc) is 2.73. The van der Waals surface area contributed by atoms with Gasteiger partial charge in [-0.15, -0.1) is 0 Å². The second-order valence-corrected chi connectivity index (χ2v) is 5.30. The van der Waals surface area contributed by atoms with Crippen LogP contribution in [0.2, 0.25) is 0 Å². The van der Waals surface area contributed by atoms with Gasteiger partial charge in [-0.05, 0) is 18.9 Å². The predicted molar refractivity (Wildman–Crippen MR) is 77.4 cm³/mol. The van der Waals surface area contributed by atoms with Gasteiger partial charge in [0.1, 0.15) is 5.75 Å². The lowest BCUT2D eigenvalue weighted by Gasteiger charge is -2.20. The molecule has 1 fully saturated rings. The molecule has 0 spiro atoms. The fourth-order valence-electron chi connectivity index (χ4n) is 2.71. The minimum Gasteiger partial charge on any atom is -0.496 e. The molecule has 1 aromatic rings. The van der Waals surface area contributed by atoms with Gasteiger partial charge < -0.3 is 15.2 Å². The maximum absolute atomic E-state index is 6.22. The third-order valence-electron chi connectivity index (χ3n) is 3.85. The van der Waals surface area contributed by atoms with Gasteiger partial charge in [0, 0.05) is 5.56 Å². The van der Waals surface area contributed by atoms with Crippen molar-refractivity contribution in [3.05, 3.63) is 29.8 Å². The first kappa shape index (κ1) is 14.4. The molecule has 2 N–H and O–H groups in total. The van der Waals surface area contributed by atoms with E-state index in [4.69, 9.17) is 15.2 Å². The van der Waals surface area contributed by atoms with Crippen molar-refractivity contribution in [2.45, 2.75) is 50.7 Å². The van der Waals surface area contributed by atoms with E-state index >= 15 is 0 Å². The highest BCUT2D eigenvalue weighted by atomic mass is 16.5. The highest BCUT2D eigenvalue weighted by Gasteiger charge is 2.16. The van der Waals surface area contributed by atoms with Crippen molar-refractivity contribution in [2.75, 3.05) is 13.7 Å². The number of para-hydroxylation sites is 1. The van der Waals surface area contributed by atoms with Gasteiger partial charge >= 0.3 is 0 Å². The quantitative estimate of drug-likeness (QED) is 0.828. The van der Waals surface area contributed by atoms with Crippen LogP contribution in [0.4, 0.5) is 0 Å². The Hall–Kier alpha value is -1.06. The molecule has 1 unspecified atom stereocenters. The van der Waals surface area contributed by atoms with Crippen LogP contribution in [0.5, 0.6) is 5.75 Å². The van der Waals surface area contributed by atoms with E-state index in [1.807, 2.05) is 24.3 Å². The zero-order valence-corrected chi connectivity index (χ0v) is 11.8. The minimum atomic E-state index is -0.112. The second kappa shape index (κ2) is 7.51. The number of methoxy groups -OCH3 is 1. The number of ether oxygens (including phenoxy) is 2. The molecule has 0 bridgehead atoms. The normalized spacial score (nSPS) is 18.8. The van der Waals surface area contributed by atoms with E-state index in [1.165, 1.54) is 38.5 Å². The molecular weight excluding hydrogens is 238 g/mol. The number of rotatable bonds is 5. The Morgan fingerprint density at radius 1 is 1.16 bits per heavy atom. The van der Waals surface area contributed by atoms with Crippen molar-refractivity contribution in [1.29, 1.82) is 0 Å². The molecule has 0 aliphatic heterocycles. The summed E-state index contributed by atoms with van der Waals surface area (Å²) in [6, 6.07) is 7.80. The molecule has 3 nitrogen and oxygen atoms in total. The van der Waals surface area contributed by atoms with Crippen LogP contribution in [0.25, 0.3) is 0 Å². The van der Waals surface area contributed by atoms with Crippen molar-refractivity contribution in [3.8, 4) is 5.75 Å². The Morgan fingerprint density at radius 3 is 2.53 bits per heavy atom. The lowest BCUT2D eigenvalue weighted by Crippen LogP contribution is -2.22. The van der Waals surface area contributed by atoms with Crippen LogP contribution in [0.15, 0.2) is 24.3 Å². The van der Waals surface area contributed by atoms with Crippen LogP contribution in [-0.4, -0.2) is 19.8 Å². The third-order valence-corrected chi connectivity index (χ3v) is 3.85. The zero-order chi connectivity index (χ0) is 13.5. The summed E-state index contributed by atoms with van der Waals surface area (Å²) in [5, 5.41) is 0. The molecule has 0 saturated heterocycles. The highest BCUT2D eigenvalue weighted by molar-refractivity contribution is 5.35. The van der Waals surface area contributed by atoms with E-state index in [9.17, 15) is 0 Å². The Bertz CT molecular complexity index is 373. The van der Waals surface area contributed by atoms with E-state index in [2.05, 4.69) is 0 Å².